The standard InChI is InChI=1S/C14H13BrN4O4S2/c1-8(2)7-25(21,22)14-18-13(24-19-14)17-12(20)9(6-16)5-10-3-4-11(15)23-10/h3-5,8H,7H2,1-2H3,(H,17,18,19,20)/b9-5-. The molecule has 2 aromatic heterocycles. The highest BCUT2D eigenvalue weighted by Gasteiger charge is 2.23. The van der Waals surface area contributed by atoms with Gasteiger partial charge in [-0.1, -0.05) is 13.8 Å². The average Bonchev–Trinajstić information content (AvgIpc) is 3.13. The lowest BCUT2D eigenvalue weighted by Crippen LogP contribution is -2.15. The Morgan fingerprint density at radius 2 is 2.24 bits per heavy atom. The number of nitrogens with one attached hydrogen (secondary N) is 1. The fourth-order valence-corrected chi connectivity index (χ4v) is 4.43. The van der Waals surface area contributed by atoms with Gasteiger partial charge in [-0.15, -0.1) is 0 Å². The molecular formula is C14H13BrN4O4S2. The number of aromatic nitrogens is 2. The molecule has 1 N–H and O–H groups in total. The summed E-state index contributed by atoms with van der Waals surface area (Å²) in [6.07, 6.45) is 1.26. The maximum Gasteiger partial charge on any atom is 0.268 e. The van der Waals surface area contributed by atoms with Crippen molar-refractivity contribution in [1.82, 2.24) is 9.36 Å². The van der Waals surface area contributed by atoms with Crippen molar-refractivity contribution < 1.29 is 17.6 Å². The van der Waals surface area contributed by atoms with E-state index in [-0.39, 0.29) is 27.5 Å². The number of amides is 1. The maximum absolute atomic E-state index is 12.1. The minimum Gasteiger partial charge on any atom is -0.450 e. The number of nitriles is 1. The monoisotopic (exact) mass is 444 g/mol. The smallest absolute Gasteiger partial charge is 0.268 e. The van der Waals surface area contributed by atoms with Crippen molar-refractivity contribution in [2.24, 2.45) is 5.92 Å². The minimum absolute atomic E-state index is 0.00546. The van der Waals surface area contributed by atoms with Crippen LogP contribution in [0.1, 0.15) is 19.6 Å². The first-order valence-corrected chi connectivity index (χ1v) is 10.2. The van der Waals surface area contributed by atoms with Crippen molar-refractivity contribution in [1.29, 1.82) is 5.26 Å². The van der Waals surface area contributed by atoms with Crippen molar-refractivity contribution in [3.05, 3.63) is 28.1 Å². The van der Waals surface area contributed by atoms with Crippen LogP contribution in [0.25, 0.3) is 6.08 Å². The van der Waals surface area contributed by atoms with Crippen molar-refractivity contribution in [2.45, 2.75) is 19.0 Å². The van der Waals surface area contributed by atoms with Gasteiger partial charge in [0.05, 0.1) is 5.75 Å². The molecule has 0 saturated carbocycles. The summed E-state index contributed by atoms with van der Waals surface area (Å²) >= 11 is 3.85. The summed E-state index contributed by atoms with van der Waals surface area (Å²) in [5.41, 5.74) is -0.219. The van der Waals surface area contributed by atoms with Crippen LogP contribution in [0.3, 0.4) is 0 Å². The number of hydrogen-bond donors (Lipinski definition) is 1. The topological polar surface area (TPSA) is 126 Å². The Kier molecular flexibility index (Phi) is 6.10. The summed E-state index contributed by atoms with van der Waals surface area (Å²) in [7, 11) is -3.61. The first-order chi connectivity index (χ1) is 11.7. The fourth-order valence-electron chi connectivity index (χ4n) is 1.76. The Balaban J connectivity index is 2.15. The van der Waals surface area contributed by atoms with Crippen LogP contribution >= 0.6 is 27.5 Å². The van der Waals surface area contributed by atoms with E-state index in [0.717, 1.165) is 11.5 Å². The normalized spacial score (nSPS) is 12.2. The molecule has 0 aromatic carbocycles. The zero-order valence-corrected chi connectivity index (χ0v) is 16.4. The molecule has 0 unspecified atom stereocenters. The molecule has 0 atom stereocenters. The van der Waals surface area contributed by atoms with Gasteiger partial charge in [0.2, 0.25) is 15.0 Å². The number of furan rings is 1. The summed E-state index contributed by atoms with van der Waals surface area (Å²) in [4.78, 5) is 15.9. The van der Waals surface area contributed by atoms with Crippen LogP contribution in [0.5, 0.6) is 0 Å². The van der Waals surface area contributed by atoms with Gasteiger partial charge in [0.1, 0.15) is 17.4 Å². The van der Waals surface area contributed by atoms with E-state index in [0.29, 0.717) is 10.4 Å². The lowest BCUT2D eigenvalue weighted by atomic mass is 10.2. The van der Waals surface area contributed by atoms with Crippen LogP contribution in [0.2, 0.25) is 0 Å². The highest BCUT2D eigenvalue weighted by molar-refractivity contribution is 9.10. The van der Waals surface area contributed by atoms with E-state index >= 15 is 0 Å². The first kappa shape index (κ1) is 19.3. The van der Waals surface area contributed by atoms with Gasteiger partial charge in [-0.2, -0.15) is 14.6 Å². The van der Waals surface area contributed by atoms with Gasteiger partial charge in [0, 0.05) is 17.6 Å². The summed E-state index contributed by atoms with van der Waals surface area (Å²) in [5, 5.41) is 11.1. The molecule has 0 aliphatic heterocycles. The number of halogens is 1. The van der Waals surface area contributed by atoms with Gasteiger partial charge in [-0.25, -0.2) is 8.42 Å². The third-order valence-corrected chi connectivity index (χ3v) is 5.72. The number of hydrogen-bond acceptors (Lipinski definition) is 8. The molecule has 0 spiro atoms. The van der Waals surface area contributed by atoms with Crippen LogP contribution in [-0.4, -0.2) is 29.4 Å². The second-order valence-corrected chi connectivity index (χ2v) is 8.78. The molecule has 2 rings (SSSR count). The summed E-state index contributed by atoms with van der Waals surface area (Å²) in [6.45, 7) is 3.53. The fraction of sp³-hybridized carbons (Fsp3) is 0.286. The lowest BCUT2D eigenvalue weighted by molar-refractivity contribution is -0.112. The van der Waals surface area contributed by atoms with Crippen molar-refractivity contribution in [3.63, 3.8) is 0 Å². The maximum atomic E-state index is 12.1. The molecule has 1 amide bonds. The number of sulfone groups is 1. The summed E-state index contributed by atoms with van der Waals surface area (Å²) in [5.74, 6) is -0.587. The summed E-state index contributed by atoms with van der Waals surface area (Å²) in [6, 6.07) is 4.95. The Hall–Kier alpha value is -2.03. The Bertz CT molecular complexity index is 954. The molecule has 0 radical (unpaired) electrons. The van der Waals surface area contributed by atoms with E-state index in [1.54, 1.807) is 32.0 Å². The Morgan fingerprint density at radius 3 is 2.80 bits per heavy atom. The zero-order valence-electron chi connectivity index (χ0n) is 13.2. The second kappa shape index (κ2) is 7.90. The molecule has 25 heavy (non-hydrogen) atoms. The predicted molar refractivity (Wildman–Crippen MR) is 95.4 cm³/mol. The third kappa shape index (κ3) is 5.22. The molecule has 11 heteroatoms. The second-order valence-electron chi connectivity index (χ2n) is 5.32. The molecule has 132 valence electrons. The van der Waals surface area contributed by atoms with Crippen molar-refractivity contribution >= 4 is 54.4 Å². The highest BCUT2D eigenvalue weighted by atomic mass is 79.9. The van der Waals surface area contributed by atoms with Crippen LogP contribution in [0.4, 0.5) is 5.13 Å². The van der Waals surface area contributed by atoms with Gasteiger partial charge >= 0.3 is 0 Å². The molecule has 0 aliphatic carbocycles. The number of carbonyl (C=O) groups excluding carboxylic acids is 1. The van der Waals surface area contributed by atoms with Gasteiger partial charge < -0.3 is 4.42 Å². The van der Waals surface area contributed by atoms with Gasteiger partial charge in [0.25, 0.3) is 11.1 Å². The van der Waals surface area contributed by atoms with Crippen LogP contribution in [0, 0.1) is 17.2 Å². The van der Waals surface area contributed by atoms with Crippen molar-refractivity contribution in [2.75, 3.05) is 11.1 Å². The van der Waals surface area contributed by atoms with Crippen molar-refractivity contribution in [3.8, 4) is 6.07 Å². The van der Waals surface area contributed by atoms with Gasteiger partial charge in [-0.3, -0.25) is 10.1 Å². The molecule has 0 bridgehead atoms. The number of carbonyl (C=O) groups is 1. The van der Waals surface area contributed by atoms with Crippen LogP contribution < -0.4 is 5.32 Å². The molecule has 0 fully saturated rings. The van der Waals surface area contributed by atoms with Crippen LogP contribution in [0.15, 0.2) is 31.9 Å². The molecule has 8 nitrogen and oxygen atoms in total. The van der Waals surface area contributed by atoms with Crippen LogP contribution in [-0.2, 0) is 14.6 Å². The zero-order chi connectivity index (χ0) is 18.6. The molecule has 0 aliphatic rings. The number of anilines is 1. The van der Waals surface area contributed by atoms with E-state index in [1.165, 1.54) is 6.08 Å². The molecular weight excluding hydrogens is 432 g/mol. The Labute approximate surface area is 156 Å². The first-order valence-electron chi connectivity index (χ1n) is 6.96. The van der Waals surface area contributed by atoms with E-state index < -0.39 is 15.7 Å². The van der Waals surface area contributed by atoms with Gasteiger partial charge in [-0.05, 0) is 34.0 Å². The van der Waals surface area contributed by atoms with Gasteiger partial charge in [0.15, 0.2) is 4.67 Å². The number of rotatable bonds is 6. The Morgan fingerprint density at radius 1 is 1.52 bits per heavy atom. The largest absolute Gasteiger partial charge is 0.450 e. The molecule has 2 aromatic rings. The minimum atomic E-state index is -3.61. The quantitative estimate of drug-likeness (QED) is 0.535. The molecule has 0 saturated heterocycles. The summed E-state index contributed by atoms with van der Waals surface area (Å²) < 4.78 is 33.6. The number of nitrogens with zero attached hydrogens (tertiary/aromatic N) is 3. The average molecular weight is 445 g/mol. The highest BCUT2D eigenvalue weighted by Crippen LogP contribution is 2.20. The van der Waals surface area contributed by atoms with E-state index in [4.69, 9.17) is 9.68 Å². The predicted octanol–water partition coefficient (Wildman–Crippen LogP) is 2.87. The SMILES string of the molecule is CC(C)CS(=O)(=O)c1nsc(NC(=O)/C(C#N)=C\c2ccc(Br)o2)n1. The van der Waals surface area contributed by atoms with E-state index in [9.17, 15) is 13.2 Å². The van der Waals surface area contributed by atoms with E-state index in [2.05, 4.69) is 30.6 Å². The lowest BCUT2D eigenvalue weighted by Gasteiger charge is -2.02. The molecule has 2 heterocycles. The third-order valence-electron chi connectivity index (χ3n) is 2.70. The van der Waals surface area contributed by atoms with E-state index in [1.807, 2.05) is 0 Å².